The van der Waals surface area contributed by atoms with Crippen molar-refractivity contribution in [3.05, 3.63) is 0 Å². The smallest absolute Gasteiger partial charge is 0.318 e. The van der Waals surface area contributed by atoms with Crippen molar-refractivity contribution in [3.63, 3.8) is 0 Å². The molecule has 0 aliphatic heterocycles. The van der Waals surface area contributed by atoms with Gasteiger partial charge in [0, 0.05) is 0 Å². The molecule has 4 heteroatoms. The second-order valence-electron chi connectivity index (χ2n) is 3.86. The molecule has 72 valence electrons. The number of hydrogen-bond donors (Lipinski definition) is 1. The monoisotopic (exact) mass is 181 g/mol. The van der Waals surface area contributed by atoms with Crippen LogP contribution in [0, 0.1) is 5.92 Å². The van der Waals surface area contributed by atoms with Crippen molar-refractivity contribution in [2.45, 2.75) is 44.3 Å². The Labute approximate surface area is 70.1 Å². The highest BCUT2D eigenvalue weighted by atomic mass is 19.4. The molecule has 1 rings (SSSR count). The van der Waals surface area contributed by atoms with E-state index in [1.54, 1.807) is 0 Å². The Morgan fingerprint density at radius 1 is 1.42 bits per heavy atom. The van der Waals surface area contributed by atoms with E-state index in [2.05, 4.69) is 0 Å². The van der Waals surface area contributed by atoms with Crippen LogP contribution in [0.3, 0.4) is 0 Å². The quantitative estimate of drug-likeness (QED) is 0.610. The van der Waals surface area contributed by atoms with Gasteiger partial charge in [0.15, 0.2) is 0 Å². The van der Waals surface area contributed by atoms with Gasteiger partial charge in [0.25, 0.3) is 0 Å². The van der Waals surface area contributed by atoms with Crippen LogP contribution in [0.4, 0.5) is 13.2 Å². The summed E-state index contributed by atoms with van der Waals surface area (Å²) in [5.41, 5.74) is 3.39. The molecule has 0 heterocycles. The van der Waals surface area contributed by atoms with Gasteiger partial charge in [0.05, 0.1) is 0 Å². The second-order valence-corrected chi connectivity index (χ2v) is 3.86. The third-order valence-electron chi connectivity index (χ3n) is 2.60. The van der Waals surface area contributed by atoms with Crippen LogP contribution >= 0.6 is 0 Å². The summed E-state index contributed by atoms with van der Waals surface area (Å²) in [6, 6.07) is 0. The second kappa shape index (κ2) is 2.91. The zero-order valence-corrected chi connectivity index (χ0v) is 7.12. The fraction of sp³-hybridized carbons (Fsp3) is 1.00. The van der Waals surface area contributed by atoms with Crippen molar-refractivity contribution in [1.82, 2.24) is 0 Å². The molecule has 0 radical (unpaired) electrons. The lowest BCUT2D eigenvalue weighted by Crippen LogP contribution is -2.55. The molecule has 1 saturated carbocycles. The molecule has 1 nitrogen and oxygen atoms in total. The maximum Gasteiger partial charge on any atom is 0.406 e. The highest BCUT2D eigenvalue weighted by Crippen LogP contribution is 2.41. The van der Waals surface area contributed by atoms with Crippen LogP contribution < -0.4 is 5.73 Å². The minimum absolute atomic E-state index is 0.0799. The summed E-state index contributed by atoms with van der Waals surface area (Å²) in [6.07, 6.45) is -2.61. The summed E-state index contributed by atoms with van der Waals surface area (Å²) < 4.78 is 37.1. The van der Waals surface area contributed by atoms with Crippen molar-refractivity contribution < 1.29 is 13.2 Å². The van der Waals surface area contributed by atoms with Gasteiger partial charge in [-0.15, -0.1) is 0 Å². The predicted octanol–water partition coefficient (Wildman–Crippen LogP) is 2.46. The van der Waals surface area contributed by atoms with Crippen LogP contribution in [-0.4, -0.2) is 11.7 Å². The van der Waals surface area contributed by atoms with Crippen LogP contribution in [0.2, 0.25) is 0 Å². The Kier molecular flexibility index (Phi) is 2.38. The standard InChI is InChI=1S/C8H14F3N/c1-6-3-2-4-7(12,5-6)8(9,10)11/h6H,2-5,12H2,1H3. The fourth-order valence-electron chi connectivity index (χ4n) is 1.85. The summed E-state index contributed by atoms with van der Waals surface area (Å²) in [6.45, 7) is 1.83. The van der Waals surface area contributed by atoms with Crippen molar-refractivity contribution in [2.24, 2.45) is 11.7 Å². The number of hydrogen-bond acceptors (Lipinski definition) is 1. The van der Waals surface area contributed by atoms with Crippen molar-refractivity contribution in [2.75, 3.05) is 0 Å². The molecule has 1 fully saturated rings. The van der Waals surface area contributed by atoms with E-state index in [1.165, 1.54) is 0 Å². The van der Waals surface area contributed by atoms with Crippen LogP contribution in [-0.2, 0) is 0 Å². The third-order valence-corrected chi connectivity index (χ3v) is 2.60. The molecular formula is C8H14F3N. The Morgan fingerprint density at radius 2 is 2.00 bits per heavy atom. The Morgan fingerprint density at radius 3 is 2.33 bits per heavy atom. The van der Waals surface area contributed by atoms with Crippen LogP contribution in [0.5, 0.6) is 0 Å². The van der Waals surface area contributed by atoms with E-state index in [4.69, 9.17) is 5.73 Å². The van der Waals surface area contributed by atoms with Gasteiger partial charge in [0.1, 0.15) is 5.54 Å². The molecule has 2 unspecified atom stereocenters. The third kappa shape index (κ3) is 1.73. The number of nitrogens with two attached hydrogens (primary N) is 1. The molecule has 0 spiro atoms. The van der Waals surface area contributed by atoms with E-state index in [0.29, 0.717) is 6.42 Å². The minimum atomic E-state index is -4.23. The fourth-order valence-corrected chi connectivity index (χ4v) is 1.85. The zero-order valence-electron chi connectivity index (χ0n) is 7.12. The molecule has 1 aliphatic rings. The molecule has 2 atom stereocenters. The van der Waals surface area contributed by atoms with Crippen LogP contribution in [0.1, 0.15) is 32.6 Å². The first-order valence-electron chi connectivity index (χ1n) is 4.21. The van der Waals surface area contributed by atoms with E-state index >= 15 is 0 Å². The van der Waals surface area contributed by atoms with Gasteiger partial charge < -0.3 is 5.73 Å². The summed E-state index contributed by atoms with van der Waals surface area (Å²) in [5.74, 6) is 0.102. The van der Waals surface area contributed by atoms with E-state index in [9.17, 15) is 13.2 Å². The molecule has 0 saturated heterocycles. The highest BCUT2D eigenvalue weighted by molar-refractivity contribution is 4.95. The van der Waals surface area contributed by atoms with Gasteiger partial charge in [-0.05, 0) is 18.8 Å². The van der Waals surface area contributed by atoms with Gasteiger partial charge >= 0.3 is 6.18 Å². The summed E-state index contributed by atoms with van der Waals surface area (Å²) in [7, 11) is 0. The van der Waals surface area contributed by atoms with Gasteiger partial charge in [-0.3, -0.25) is 0 Å². The summed E-state index contributed by atoms with van der Waals surface area (Å²) in [5, 5.41) is 0. The van der Waals surface area contributed by atoms with E-state index in [-0.39, 0.29) is 18.8 Å². The van der Waals surface area contributed by atoms with Crippen LogP contribution in [0.15, 0.2) is 0 Å². The maximum absolute atomic E-state index is 12.4. The highest BCUT2D eigenvalue weighted by Gasteiger charge is 2.52. The first-order valence-corrected chi connectivity index (χ1v) is 4.21. The van der Waals surface area contributed by atoms with Crippen molar-refractivity contribution in [3.8, 4) is 0 Å². The molecule has 0 aromatic heterocycles. The zero-order chi connectivity index (χ0) is 9.41. The lowest BCUT2D eigenvalue weighted by molar-refractivity contribution is -0.197. The largest absolute Gasteiger partial charge is 0.406 e. The van der Waals surface area contributed by atoms with Gasteiger partial charge in [-0.25, -0.2) is 0 Å². The molecule has 12 heavy (non-hydrogen) atoms. The lowest BCUT2D eigenvalue weighted by Gasteiger charge is -2.38. The summed E-state index contributed by atoms with van der Waals surface area (Å²) >= 11 is 0. The van der Waals surface area contributed by atoms with Gasteiger partial charge in [-0.1, -0.05) is 19.8 Å². The molecular weight excluding hydrogens is 167 g/mol. The number of rotatable bonds is 0. The first-order chi connectivity index (χ1) is 5.35. The van der Waals surface area contributed by atoms with E-state index in [0.717, 1.165) is 6.42 Å². The SMILES string of the molecule is CC1CCCC(N)(C(F)(F)F)C1. The average molecular weight is 181 g/mol. The minimum Gasteiger partial charge on any atom is -0.318 e. The predicted molar refractivity (Wildman–Crippen MR) is 40.6 cm³/mol. The van der Waals surface area contributed by atoms with Gasteiger partial charge in [-0.2, -0.15) is 13.2 Å². The number of halogens is 3. The molecule has 2 N–H and O–H groups in total. The average Bonchev–Trinajstić information content (AvgIpc) is 1.83. The normalized spacial score (nSPS) is 38.2. The molecule has 0 amide bonds. The van der Waals surface area contributed by atoms with Gasteiger partial charge in [0.2, 0.25) is 0 Å². The Bertz CT molecular complexity index is 166. The molecule has 0 bridgehead atoms. The van der Waals surface area contributed by atoms with E-state index < -0.39 is 11.7 Å². The molecule has 0 aromatic rings. The number of alkyl halides is 3. The topological polar surface area (TPSA) is 26.0 Å². The lowest BCUT2D eigenvalue weighted by atomic mass is 9.77. The van der Waals surface area contributed by atoms with E-state index in [1.807, 2.05) is 6.92 Å². The first kappa shape index (κ1) is 9.84. The molecule has 1 aliphatic carbocycles. The Balaban J connectivity index is 2.70. The van der Waals surface area contributed by atoms with Crippen molar-refractivity contribution >= 4 is 0 Å². The molecule has 0 aromatic carbocycles. The Hall–Kier alpha value is -0.250. The summed E-state index contributed by atoms with van der Waals surface area (Å²) in [4.78, 5) is 0. The van der Waals surface area contributed by atoms with Crippen LogP contribution in [0.25, 0.3) is 0 Å². The van der Waals surface area contributed by atoms with Crippen molar-refractivity contribution in [1.29, 1.82) is 0 Å². The maximum atomic E-state index is 12.4.